The van der Waals surface area contributed by atoms with E-state index in [0.29, 0.717) is 6.07 Å². The van der Waals surface area contributed by atoms with Gasteiger partial charge in [-0.1, -0.05) is 11.6 Å². The Morgan fingerprint density at radius 1 is 1.58 bits per heavy atom. The van der Waals surface area contributed by atoms with Crippen LogP contribution in [0.5, 0.6) is 0 Å². The second kappa shape index (κ2) is 6.29. The zero-order chi connectivity index (χ0) is 14.6. The summed E-state index contributed by atoms with van der Waals surface area (Å²) in [6.07, 6.45) is 0. The number of hydrogen-bond acceptors (Lipinski definition) is 4. The molecule has 1 aromatic carbocycles. The van der Waals surface area contributed by atoms with Crippen LogP contribution in [0, 0.1) is 5.82 Å². The lowest BCUT2D eigenvalue weighted by Gasteiger charge is -2.14. The highest BCUT2D eigenvalue weighted by molar-refractivity contribution is 7.89. The largest absolute Gasteiger partial charge is 0.480 e. The van der Waals surface area contributed by atoms with Gasteiger partial charge in [0.2, 0.25) is 10.0 Å². The van der Waals surface area contributed by atoms with Gasteiger partial charge in [0.15, 0.2) is 0 Å². The van der Waals surface area contributed by atoms with Crippen LogP contribution in [0.4, 0.5) is 4.39 Å². The first kappa shape index (κ1) is 15.8. The molecule has 1 rings (SSSR count). The monoisotopic (exact) mass is 311 g/mol. The molecule has 0 aliphatic heterocycles. The molecule has 0 aliphatic rings. The van der Waals surface area contributed by atoms with Gasteiger partial charge in [-0.05, 0) is 18.2 Å². The van der Waals surface area contributed by atoms with E-state index in [0.717, 1.165) is 12.1 Å². The number of hydrogen-bond donors (Lipinski definition) is 2. The maximum Gasteiger partial charge on any atom is 0.324 e. The number of aliphatic carboxylic acids is 1. The molecule has 1 atom stereocenters. The third kappa shape index (κ3) is 4.13. The SMILES string of the molecule is COCC(NS(=O)(=O)c1cc(F)ccc1Cl)C(=O)O. The molecule has 1 aromatic rings. The van der Waals surface area contributed by atoms with E-state index in [-0.39, 0.29) is 11.6 Å². The Morgan fingerprint density at radius 3 is 2.74 bits per heavy atom. The average molecular weight is 312 g/mol. The molecular weight excluding hydrogens is 301 g/mol. The van der Waals surface area contributed by atoms with Gasteiger partial charge in [-0.2, -0.15) is 4.72 Å². The van der Waals surface area contributed by atoms with E-state index in [2.05, 4.69) is 4.74 Å². The van der Waals surface area contributed by atoms with Crippen molar-refractivity contribution in [2.24, 2.45) is 0 Å². The van der Waals surface area contributed by atoms with Crippen LogP contribution in [0.3, 0.4) is 0 Å². The normalized spacial score (nSPS) is 13.2. The molecule has 0 radical (unpaired) electrons. The van der Waals surface area contributed by atoms with E-state index in [1.165, 1.54) is 7.11 Å². The fourth-order valence-electron chi connectivity index (χ4n) is 1.26. The molecule has 19 heavy (non-hydrogen) atoms. The van der Waals surface area contributed by atoms with Gasteiger partial charge in [0.1, 0.15) is 16.8 Å². The number of benzene rings is 1. The van der Waals surface area contributed by atoms with Crippen molar-refractivity contribution in [1.29, 1.82) is 0 Å². The molecule has 0 aliphatic carbocycles. The standard InChI is InChI=1S/C10H11ClFNO5S/c1-18-5-8(10(14)15)13-19(16,17)9-4-6(12)2-3-7(9)11/h2-4,8,13H,5H2,1H3,(H,14,15). The molecule has 9 heteroatoms. The van der Waals surface area contributed by atoms with Crippen molar-refractivity contribution in [2.45, 2.75) is 10.9 Å². The first-order valence-electron chi connectivity index (χ1n) is 4.97. The third-order valence-electron chi connectivity index (χ3n) is 2.11. The Hall–Kier alpha value is -1.22. The topological polar surface area (TPSA) is 92.7 Å². The van der Waals surface area contributed by atoms with Crippen molar-refractivity contribution in [3.8, 4) is 0 Å². The Morgan fingerprint density at radius 2 is 2.21 bits per heavy atom. The predicted molar refractivity (Wildman–Crippen MR) is 65.0 cm³/mol. The summed E-state index contributed by atoms with van der Waals surface area (Å²) in [5.41, 5.74) is 0. The first-order chi connectivity index (χ1) is 8.77. The van der Waals surface area contributed by atoms with Crippen LogP contribution < -0.4 is 4.72 Å². The van der Waals surface area contributed by atoms with E-state index < -0.39 is 32.7 Å². The number of ether oxygens (including phenoxy) is 1. The van der Waals surface area contributed by atoms with E-state index in [4.69, 9.17) is 16.7 Å². The van der Waals surface area contributed by atoms with Crippen molar-refractivity contribution in [3.05, 3.63) is 29.0 Å². The van der Waals surface area contributed by atoms with Crippen LogP contribution in [-0.2, 0) is 19.6 Å². The molecule has 0 saturated heterocycles. The maximum atomic E-state index is 13.0. The van der Waals surface area contributed by atoms with Crippen LogP contribution in [0.15, 0.2) is 23.1 Å². The molecule has 6 nitrogen and oxygen atoms in total. The van der Waals surface area contributed by atoms with Crippen molar-refractivity contribution in [3.63, 3.8) is 0 Å². The van der Waals surface area contributed by atoms with Crippen molar-refractivity contribution < 1.29 is 27.4 Å². The predicted octanol–water partition coefficient (Wildman–Crippen LogP) is 0.857. The highest BCUT2D eigenvalue weighted by atomic mass is 35.5. The van der Waals surface area contributed by atoms with Crippen LogP contribution >= 0.6 is 11.6 Å². The van der Waals surface area contributed by atoms with Crippen LogP contribution in [-0.4, -0.2) is 39.3 Å². The number of carboxylic acid groups (broad SMARTS) is 1. The van der Waals surface area contributed by atoms with Crippen LogP contribution in [0.1, 0.15) is 0 Å². The number of methoxy groups -OCH3 is 1. The van der Waals surface area contributed by atoms with E-state index >= 15 is 0 Å². The highest BCUT2D eigenvalue weighted by Crippen LogP contribution is 2.22. The fraction of sp³-hybridized carbons (Fsp3) is 0.300. The van der Waals surface area contributed by atoms with Crippen LogP contribution in [0.2, 0.25) is 5.02 Å². The van der Waals surface area contributed by atoms with Gasteiger partial charge in [0.05, 0.1) is 11.6 Å². The molecule has 0 spiro atoms. The van der Waals surface area contributed by atoms with Gasteiger partial charge in [-0.25, -0.2) is 12.8 Å². The molecule has 0 heterocycles. The molecule has 1 unspecified atom stereocenters. The number of carbonyl (C=O) groups is 1. The zero-order valence-corrected chi connectivity index (χ0v) is 11.3. The summed E-state index contributed by atoms with van der Waals surface area (Å²) in [5.74, 6) is -2.22. The lowest BCUT2D eigenvalue weighted by molar-refractivity contribution is -0.140. The Bertz CT molecular complexity index is 577. The minimum absolute atomic E-state index is 0.213. The Balaban J connectivity index is 3.10. The molecular formula is C10H11ClFNO5S. The summed E-state index contributed by atoms with van der Waals surface area (Å²) < 4.78 is 43.3. The number of rotatable bonds is 6. The van der Waals surface area contributed by atoms with Gasteiger partial charge in [-0.3, -0.25) is 4.79 Å². The van der Waals surface area contributed by atoms with E-state index in [1.54, 1.807) is 0 Å². The molecule has 2 N–H and O–H groups in total. The van der Waals surface area contributed by atoms with E-state index in [9.17, 15) is 17.6 Å². The Labute approximate surface area is 114 Å². The summed E-state index contributed by atoms with van der Waals surface area (Å²) in [7, 11) is -3.04. The minimum atomic E-state index is -4.26. The lowest BCUT2D eigenvalue weighted by Crippen LogP contribution is -2.43. The minimum Gasteiger partial charge on any atom is -0.480 e. The number of carboxylic acids is 1. The molecule has 0 fully saturated rings. The van der Waals surface area contributed by atoms with Gasteiger partial charge < -0.3 is 9.84 Å². The summed E-state index contributed by atoms with van der Waals surface area (Å²) in [4.78, 5) is 10.3. The number of nitrogens with one attached hydrogen (secondary N) is 1. The maximum absolute atomic E-state index is 13.0. The Kier molecular flexibility index (Phi) is 5.24. The van der Waals surface area contributed by atoms with Crippen LogP contribution in [0.25, 0.3) is 0 Å². The van der Waals surface area contributed by atoms with Gasteiger partial charge in [0, 0.05) is 7.11 Å². The zero-order valence-electron chi connectivity index (χ0n) is 9.76. The summed E-state index contributed by atoms with van der Waals surface area (Å²) in [6, 6.07) is 1.27. The first-order valence-corrected chi connectivity index (χ1v) is 6.83. The average Bonchev–Trinajstić information content (AvgIpc) is 2.31. The quantitative estimate of drug-likeness (QED) is 0.812. The number of sulfonamides is 1. The smallest absolute Gasteiger partial charge is 0.324 e. The summed E-state index contributed by atoms with van der Waals surface area (Å²) in [5, 5.41) is 8.61. The molecule has 0 amide bonds. The number of halogens is 2. The third-order valence-corrected chi connectivity index (χ3v) is 4.06. The molecule has 0 aromatic heterocycles. The van der Waals surface area contributed by atoms with Crippen molar-refractivity contribution in [2.75, 3.05) is 13.7 Å². The molecule has 0 bridgehead atoms. The van der Waals surface area contributed by atoms with Gasteiger partial charge >= 0.3 is 5.97 Å². The van der Waals surface area contributed by atoms with Crippen molar-refractivity contribution in [1.82, 2.24) is 4.72 Å². The van der Waals surface area contributed by atoms with E-state index in [1.807, 2.05) is 4.72 Å². The molecule has 106 valence electrons. The van der Waals surface area contributed by atoms with Gasteiger partial charge in [0.25, 0.3) is 0 Å². The second-order valence-electron chi connectivity index (χ2n) is 3.54. The summed E-state index contributed by atoms with van der Waals surface area (Å²) in [6.45, 7) is -0.374. The molecule has 0 saturated carbocycles. The van der Waals surface area contributed by atoms with Gasteiger partial charge in [-0.15, -0.1) is 0 Å². The fourth-order valence-corrected chi connectivity index (χ4v) is 2.94. The summed E-state index contributed by atoms with van der Waals surface area (Å²) >= 11 is 5.66. The van der Waals surface area contributed by atoms with Crippen molar-refractivity contribution >= 4 is 27.6 Å². The lowest BCUT2D eigenvalue weighted by atomic mass is 10.3. The second-order valence-corrected chi connectivity index (χ2v) is 5.63. The highest BCUT2D eigenvalue weighted by Gasteiger charge is 2.27.